The Morgan fingerprint density at radius 2 is 1.68 bits per heavy atom. The number of hydrogen-bond donors (Lipinski definition) is 2. The van der Waals surface area contributed by atoms with Crippen LogP contribution >= 0.6 is 0 Å². The molecule has 0 atom stereocenters. The number of phenolic OH excluding ortho intramolecular Hbond substituents is 1. The van der Waals surface area contributed by atoms with Gasteiger partial charge in [-0.05, 0) is 53.9 Å². The topological polar surface area (TPSA) is 32.3 Å². The van der Waals surface area contributed by atoms with Crippen LogP contribution in [0, 0.1) is 24.4 Å². The van der Waals surface area contributed by atoms with Crippen LogP contribution in [0.1, 0.15) is 11.1 Å². The maximum atomic E-state index is 14.1. The number of nitrogens with one attached hydrogen (secondary N) is 1. The Balaban J connectivity index is 1.89. The van der Waals surface area contributed by atoms with Gasteiger partial charge in [-0.1, -0.05) is 24.3 Å². The first-order valence-electron chi connectivity index (χ1n) is 7.72. The van der Waals surface area contributed by atoms with E-state index in [4.69, 9.17) is 0 Å². The number of anilines is 1. The molecule has 0 heterocycles. The average molecular weight is 343 g/mol. The van der Waals surface area contributed by atoms with Crippen molar-refractivity contribution in [3.05, 3.63) is 83.2 Å². The third kappa shape index (κ3) is 3.60. The van der Waals surface area contributed by atoms with Crippen molar-refractivity contribution < 1.29 is 18.3 Å². The second-order valence-electron chi connectivity index (χ2n) is 5.76. The van der Waals surface area contributed by atoms with Gasteiger partial charge in [-0.15, -0.1) is 0 Å². The standard InChI is InChI=1S/C20H16F3NO/c1-12-5-8-18(25)19(23)20(12)24-11-15-9-14(6-7-17(15)22)13-3-2-4-16(21)10-13/h2-10,24-25H,11H2,1H3. The smallest absolute Gasteiger partial charge is 0.188 e. The lowest BCUT2D eigenvalue weighted by Gasteiger charge is -2.13. The summed E-state index contributed by atoms with van der Waals surface area (Å²) < 4.78 is 41.5. The second-order valence-corrected chi connectivity index (χ2v) is 5.76. The highest BCUT2D eigenvalue weighted by Gasteiger charge is 2.12. The predicted octanol–water partition coefficient (Wildman–Crippen LogP) is 5.40. The predicted molar refractivity (Wildman–Crippen MR) is 91.9 cm³/mol. The molecule has 0 spiro atoms. The number of rotatable bonds is 4. The van der Waals surface area contributed by atoms with Gasteiger partial charge in [0.1, 0.15) is 11.6 Å². The Bertz CT molecular complexity index is 925. The first-order chi connectivity index (χ1) is 12.0. The first kappa shape index (κ1) is 16.9. The molecule has 2 nitrogen and oxygen atoms in total. The maximum absolute atomic E-state index is 14.1. The Hall–Kier alpha value is -2.95. The van der Waals surface area contributed by atoms with E-state index in [9.17, 15) is 18.3 Å². The lowest BCUT2D eigenvalue weighted by Crippen LogP contribution is -2.05. The van der Waals surface area contributed by atoms with Crippen molar-refractivity contribution in [3.8, 4) is 16.9 Å². The summed E-state index contributed by atoms with van der Waals surface area (Å²) in [6.45, 7) is 1.71. The van der Waals surface area contributed by atoms with Crippen molar-refractivity contribution in [1.29, 1.82) is 0 Å². The fourth-order valence-corrected chi connectivity index (χ4v) is 2.62. The first-order valence-corrected chi connectivity index (χ1v) is 7.72. The van der Waals surface area contributed by atoms with Gasteiger partial charge in [0.25, 0.3) is 0 Å². The van der Waals surface area contributed by atoms with E-state index >= 15 is 0 Å². The molecule has 0 unspecified atom stereocenters. The minimum atomic E-state index is -0.776. The molecule has 0 aliphatic rings. The van der Waals surface area contributed by atoms with E-state index in [1.165, 1.54) is 24.3 Å². The van der Waals surface area contributed by atoms with Gasteiger partial charge < -0.3 is 10.4 Å². The van der Waals surface area contributed by atoms with Crippen LogP contribution < -0.4 is 5.32 Å². The quantitative estimate of drug-likeness (QED) is 0.665. The molecule has 0 aliphatic carbocycles. The van der Waals surface area contributed by atoms with Crippen molar-refractivity contribution >= 4 is 5.69 Å². The van der Waals surface area contributed by atoms with Gasteiger partial charge >= 0.3 is 0 Å². The Morgan fingerprint density at radius 3 is 2.44 bits per heavy atom. The van der Waals surface area contributed by atoms with Crippen molar-refractivity contribution in [2.75, 3.05) is 5.32 Å². The van der Waals surface area contributed by atoms with E-state index in [0.29, 0.717) is 22.3 Å². The van der Waals surface area contributed by atoms with E-state index in [0.717, 1.165) is 0 Å². The lowest BCUT2D eigenvalue weighted by atomic mass is 10.0. The number of phenols is 1. The van der Waals surface area contributed by atoms with E-state index in [1.54, 1.807) is 37.3 Å². The molecule has 0 aliphatic heterocycles. The van der Waals surface area contributed by atoms with Crippen molar-refractivity contribution in [2.24, 2.45) is 0 Å². The van der Waals surface area contributed by atoms with Crippen LogP contribution in [0.5, 0.6) is 5.75 Å². The Kier molecular flexibility index (Phi) is 4.65. The molecule has 0 bridgehead atoms. The molecule has 128 valence electrons. The van der Waals surface area contributed by atoms with E-state index in [-0.39, 0.29) is 18.0 Å². The van der Waals surface area contributed by atoms with Crippen LogP contribution in [-0.4, -0.2) is 5.11 Å². The van der Waals surface area contributed by atoms with Crippen molar-refractivity contribution in [3.63, 3.8) is 0 Å². The molecule has 0 radical (unpaired) electrons. The average Bonchev–Trinajstić information content (AvgIpc) is 2.60. The molecule has 0 amide bonds. The molecule has 3 rings (SSSR count). The summed E-state index contributed by atoms with van der Waals surface area (Å²) >= 11 is 0. The maximum Gasteiger partial charge on any atom is 0.188 e. The zero-order valence-electron chi connectivity index (χ0n) is 13.5. The van der Waals surface area contributed by atoms with Crippen LogP contribution in [0.3, 0.4) is 0 Å². The molecular weight excluding hydrogens is 327 g/mol. The van der Waals surface area contributed by atoms with E-state index < -0.39 is 17.4 Å². The molecular formula is C20H16F3NO. The van der Waals surface area contributed by atoms with Crippen LogP contribution in [0.2, 0.25) is 0 Å². The number of aromatic hydroxyl groups is 1. The lowest BCUT2D eigenvalue weighted by molar-refractivity contribution is 0.433. The summed E-state index contributed by atoms with van der Waals surface area (Å²) in [5.41, 5.74) is 2.31. The van der Waals surface area contributed by atoms with E-state index in [2.05, 4.69) is 5.32 Å². The number of hydrogen-bond acceptors (Lipinski definition) is 2. The second kappa shape index (κ2) is 6.89. The number of halogens is 3. The van der Waals surface area contributed by atoms with Crippen molar-refractivity contribution in [1.82, 2.24) is 0 Å². The van der Waals surface area contributed by atoms with E-state index in [1.807, 2.05) is 0 Å². The third-order valence-electron chi connectivity index (χ3n) is 3.99. The minimum Gasteiger partial charge on any atom is -0.505 e. The van der Waals surface area contributed by atoms with Gasteiger partial charge in [-0.25, -0.2) is 13.2 Å². The minimum absolute atomic E-state index is 0.0240. The molecule has 3 aromatic carbocycles. The monoisotopic (exact) mass is 343 g/mol. The zero-order chi connectivity index (χ0) is 18.0. The van der Waals surface area contributed by atoms with Gasteiger partial charge in [0.05, 0.1) is 5.69 Å². The highest BCUT2D eigenvalue weighted by Crippen LogP contribution is 2.28. The number of benzene rings is 3. The molecule has 0 saturated carbocycles. The van der Waals surface area contributed by atoms with Crippen LogP contribution in [0.25, 0.3) is 11.1 Å². The molecule has 0 aromatic heterocycles. The van der Waals surface area contributed by atoms with Gasteiger partial charge in [0.2, 0.25) is 0 Å². The van der Waals surface area contributed by atoms with Gasteiger partial charge in [0.15, 0.2) is 11.6 Å². The highest BCUT2D eigenvalue weighted by molar-refractivity contribution is 5.64. The Labute approximate surface area is 143 Å². The zero-order valence-corrected chi connectivity index (χ0v) is 13.5. The molecule has 5 heteroatoms. The number of aryl methyl sites for hydroxylation is 1. The summed E-state index contributed by atoms with van der Waals surface area (Å²) in [5.74, 6) is -2.08. The van der Waals surface area contributed by atoms with Crippen LogP contribution in [0.4, 0.5) is 18.9 Å². The summed E-state index contributed by atoms with van der Waals surface area (Å²) in [6.07, 6.45) is 0. The molecule has 25 heavy (non-hydrogen) atoms. The fourth-order valence-electron chi connectivity index (χ4n) is 2.62. The summed E-state index contributed by atoms with van der Waals surface area (Å²) in [5, 5.41) is 12.3. The summed E-state index contributed by atoms with van der Waals surface area (Å²) in [4.78, 5) is 0. The molecule has 0 fully saturated rings. The SMILES string of the molecule is Cc1ccc(O)c(F)c1NCc1cc(-c2cccc(F)c2)ccc1F. The highest BCUT2D eigenvalue weighted by atomic mass is 19.1. The van der Waals surface area contributed by atoms with Gasteiger partial charge in [-0.2, -0.15) is 0 Å². The normalized spacial score (nSPS) is 10.7. The van der Waals surface area contributed by atoms with Gasteiger partial charge in [-0.3, -0.25) is 0 Å². The summed E-state index contributed by atoms with van der Waals surface area (Å²) in [6, 6.07) is 13.3. The molecule has 0 saturated heterocycles. The van der Waals surface area contributed by atoms with Crippen molar-refractivity contribution in [2.45, 2.75) is 13.5 Å². The van der Waals surface area contributed by atoms with Gasteiger partial charge in [0, 0.05) is 12.1 Å². The third-order valence-corrected chi connectivity index (χ3v) is 3.99. The fraction of sp³-hybridized carbons (Fsp3) is 0.100. The summed E-state index contributed by atoms with van der Waals surface area (Å²) in [7, 11) is 0. The molecule has 2 N–H and O–H groups in total. The molecule has 3 aromatic rings. The van der Waals surface area contributed by atoms with Crippen LogP contribution in [0.15, 0.2) is 54.6 Å². The Morgan fingerprint density at radius 1 is 0.920 bits per heavy atom. The van der Waals surface area contributed by atoms with Crippen LogP contribution in [-0.2, 0) is 6.54 Å². The largest absolute Gasteiger partial charge is 0.505 e.